The van der Waals surface area contributed by atoms with Crippen LogP contribution in [0.4, 0.5) is 5.69 Å². The summed E-state index contributed by atoms with van der Waals surface area (Å²) in [5.74, 6) is 5.38. The van der Waals surface area contributed by atoms with Crippen molar-refractivity contribution >= 4 is 34.8 Å². The Morgan fingerprint density at radius 1 is 0.895 bits per heavy atom. The van der Waals surface area contributed by atoms with Gasteiger partial charge in [-0.2, -0.15) is 0 Å². The summed E-state index contributed by atoms with van der Waals surface area (Å²) in [6, 6.07) is 15.0. The molecule has 1 aliphatic heterocycles. The molecule has 3 amide bonds. The van der Waals surface area contributed by atoms with Gasteiger partial charge in [0.2, 0.25) is 17.7 Å². The molecule has 210 valence electrons. The van der Waals surface area contributed by atoms with Crippen molar-refractivity contribution in [1.82, 2.24) is 16.1 Å². The van der Waals surface area contributed by atoms with Gasteiger partial charge in [0.1, 0.15) is 0 Å². The number of anilines is 1. The predicted molar refractivity (Wildman–Crippen MR) is 157 cm³/mol. The van der Waals surface area contributed by atoms with Gasteiger partial charge in [-0.1, -0.05) is 75.6 Å². The summed E-state index contributed by atoms with van der Waals surface area (Å²) >= 11 is 0. The van der Waals surface area contributed by atoms with Gasteiger partial charge in [0.15, 0.2) is 0 Å². The van der Waals surface area contributed by atoms with E-state index in [1.807, 2.05) is 48.5 Å². The highest BCUT2D eigenvalue weighted by Gasteiger charge is 2.25. The Kier molecular flexibility index (Phi) is 12.9. The molecule has 2 aromatic carbocycles. The van der Waals surface area contributed by atoms with Crippen LogP contribution >= 0.6 is 0 Å². The van der Waals surface area contributed by atoms with Crippen LogP contribution < -0.4 is 32.5 Å². The Hall–Kier alpha value is -3.85. The van der Waals surface area contributed by atoms with Crippen molar-refractivity contribution in [3.05, 3.63) is 65.2 Å². The fraction of sp³-hybridized carbons (Fsp3) is 0.414. The van der Waals surface area contributed by atoms with Gasteiger partial charge in [-0.15, -0.1) is 0 Å². The lowest BCUT2D eigenvalue weighted by Gasteiger charge is -2.30. The maximum Gasteiger partial charge on any atom is 0.229 e. The second-order valence-electron chi connectivity index (χ2n) is 9.07. The SMILES string of the molecule is CCCCC.CNC(=O)CCCC(=O)NCCC(=O)N1Cc2ccccc2/C(NN)=C(/N)c2ccccc21.[HH].[HH]. The van der Waals surface area contributed by atoms with Crippen LogP contribution in [0.2, 0.25) is 0 Å². The molecule has 0 fully saturated rings. The third-order valence-electron chi connectivity index (χ3n) is 6.27. The molecule has 1 aliphatic rings. The van der Waals surface area contributed by atoms with E-state index in [1.165, 1.54) is 19.3 Å². The molecule has 38 heavy (non-hydrogen) atoms. The van der Waals surface area contributed by atoms with Gasteiger partial charge in [-0.25, -0.2) is 0 Å². The minimum absolute atomic E-state index is 0. The van der Waals surface area contributed by atoms with Crippen molar-refractivity contribution in [2.24, 2.45) is 11.6 Å². The minimum Gasteiger partial charge on any atom is -0.396 e. The smallest absolute Gasteiger partial charge is 0.229 e. The topological polar surface area (TPSA) is 143 Å². The van der Waals surface area contributed by atoms with Gasteiger partial charge in [-0.05, 0) is 18.1 Å². The van der Waals surface area contributed by atoms with E-state index < -0.39 is 0 Å². The van der Waals surface area contributed by atoms with E-state index in [9.17, 15) is 14.4 Å². The van der Waals surface area contributed by atoms with Gasteiger partial charge < -0.3 is 26.7 Å². The number of carbonyl (C=O) groups excluding carboxylic acids is 3. The number of benzene rings is 2. The fourth-order valence-corrected chi connectivity index (χ4v) is 4.17. The first kappa shape index (κ1) is 30.4. The standard InChI is InChI=1S/C24H30N6O3.C5H12.2H2/c1-27-20(31)11-6-12-21(32)28-14-13-22(33)30-15-16-7-2-3-8-17(16)24(29-26)23(25)18-9-4-5-10-19(18)30;1-3-5-4-2;;/h2-5,7-10,29H,6,11-15,25-26H2,1H3,(H,27,31)(H,28,32);3-5H2,1-2H3;2*1H/b24-23-;;;. The molecule has 9 nitrogen and oxygen atoms in total. The first-order chi connectivity index (χ1) is 18.4. The van der Waals surface area contributed by atoms with E-state index in [4.69, 9.17) is 11.6 Å². The van der Waals surface area contributed by atoms with E-state index >= 15 is 0 Å². The molecule has 0 unspecified atom stereocenters. The van der Waals surface area contributed by atoms with Crippen LogP contribution in [-0.2, 0) is 20.9 Å². The van der Waals surface area contributed by atoms with Crippen LogP contribution in [0, 0.1) is 0 Å². The Bertz CT molecular complexity index is 1120. The van der Waals surface area contributed by atoms with Gasteiger partial charge in [0, 0.05) is 46.8 Å². The van der Waals surface area contributed by atoms with E-state index in [1.54, 1.807) is 11.9 Å². The largest absolute Gasteiger partial charge is 0.396 e. The van der Waals surface area contributed by atoms with Crippen molar-refractivity contribution in [3.63, 3.8) is 0 Å². The molecule has 7 N–H and O–H groups in total. The summed E-state index contributed by atoms with van der Waals surface area (Å²) in [6.07, 6.45) is 5.19. The highest BCUT2D eigenvalue weighted by atomic mass is 16.2. The molecular formula is C29H46N6O3. The van der Waals surface area contributed by atoms with E-state index in [0.29, 0.717) is 42.0 Å². The van der Waals surface area contributed by atoms with Crippen LogP contribution in [-0.4, -0.2) is 31.3 Å². The molecule has 9 heteroatoms. The zero-order valence-electron chi connectivity index (χ0n) is 22.8. The third kappa shape index (κ3) is 8.62. The average Bonchev–Trinajstić information content (AvgIpc) is 2.92. The number of unbranched alkanes of at least 4 members (excludes halogenated alkanes) is 2. The van der Waals surface area contributed by atoms with Gasteiger partial charge in [0.25, 0.3) is 0 Å². The van der Waals surface area contributed by atoms with Gasteiger partial charge in [-0.3, -0.25) is 20.2 Å². The third-order valence-corrected chi connectivity index (χ3v) is 6.27. The number of hydrogen-bond acceptors (Lipinski definition) is 6. The molecule has 0 radical (unpaired) electrons. The maximum atomic E-state index is 13.2. The second-order valence-corrected chi connectivity index (χ2v) is 9.07. The number of hydrogen-bond donors (Lipinski definition) is 5. The van der Waals surface area contributed by atoms with Crippen molar-refractivity contribution < 1.29 is 17.2 Å². The summed E-state index contributed by atoms with van der Waals surface area (Å²) in [7, 11) is 1.56. The maximum absolute atomic E-state index is 13.2. The molecule has 0 saturated heterocycles. The summed E-state index contributed by atoms with van der Waals surface area (Å²) in [6.45, 7) is 4.97. The molecular weight excluding hydrogens is 480 g/mol. The summed E-state index contributed by atoms with van der Waals surface area (Å²) in [5, 5.41) is 5.29. The number of amides is 3. The summed E-state index contributed by atoms with van der Waals surface area (Å²) in [5.41, 5.74) is 13.4. The molecule has 0 atom stereocenters. The molecule has 2 aromatic rings. The number of hydrazine groups is 1. The Balaban J connectivity index is 0.00000199. The number of nitrogens with two attached hydrogens (primary N) is 2. The lowest BCUT2D eigenvalue weighted by atomic mass is 9.96. The minimum atomic E-state index is -0.184. The predicted octanol–water partition coefficient (Wildman–Crippen LogP) is 3.89. The first-order valence-electron chi connectivity index (χ1n) is 13.3. The van der Waals surface area contributed by atoms with Crippen molar-refractivity contribution in [1.29, 1.82) is 0 Å². The molecule has 1 heterocycles. The lowest BCUT2D eigenvalue weighted by molar-refractivity contribution is -0.122. The Morgan fingerprint density at radius 3 is 2.16 bits per heavy atom. The first-order valence-corrected chi connectivity index (χ1v) is 13.3. The highest BCUT2D eigenvalue weighted by Crippen LogP contribution is 2.34. The number of para-hydroxylation sites is 1. The van der Waals surface area contributed by atoms with Crippen molar-refractivity contribution in [2.45, 2.75) is 65.3 Å². The molecule has 0 aromatic heterocycles. The summed E-state index contributed by atoms with van der Waals surface area (Å²) in [4.78, 5) is 38.2. The average molecular weight is 527 g/mol. The van der Waals surface area contributed by atoms with Gasteiger partial charge >= 0.3 is 0 Å². The van der Waals surface area contributed by atoms with Crippen LogP contribution in [0.3, 0.4) is 0 Å². The number of carbonyl (C=O) groups is 3. The molecule has 3 rings (SSSR count). The monoisotopic (exact) mass is 526 g/mol. The summed E-state index contributed by atoms with van der Waals surface area (Å²) < 4.78 is 0. The van der Waals surface area contributed by atoms with E-state index in [-0.39, 0.29) is 40.0 Å². The van der Waals surface area contributed by atoms with Crippen LogP contribution in [0.25, 0.3) is 11.4 Å². The van der Waals surface area contributed by atoms with Crippen molar-refractivity contribution in [3.8, 4) is 0 Å². The van der Waals surface area contributed by atoms with Crippen molar-refractivity contribution in [2.75, 3.05) is 18.5 Å². The number of nitrogens with one attached hydrogen (secondary N) is 3. The fourth-order valence-electron chi connectivity index (χ4n) is 4.17. The molecule has 0 aliphatic carbocycles. The normalized spacial score (nSPS) is 14.1. The zero-order chi connectivity index (χ0) is 27.9. The molecule has 0 bridgehead atoms. The second kappa shape index (κ2) is 16.1. The number of fused-ring (bicyclic) bond motifs is 2. The Morgan fingerprint density at radius 2 is 1.53 bits per heavy atom. The lowest BCUT2D eigenvalue weighted by Crippen LogP contribution is -2.36. The number of rotatable bonds is 10. The Labute approximate surface area is 229 Å². The van der Waals surface area contributed by atoms with Gasteiger partial charge in [0.05, 0.1) is 23.6 Å². The highest BCUT2D eigenvalue weighted by molar-refractivity contribution is 6.01. The van der Waals surface area contributed by atoms with Crippen LogP contribution in [0.1, 0.15) is 78.3 Å². The van der Waals surface area contributed by atoms with E-state index in [0.717, 1.165) is 11.1 Å². The van der Waals surface area contributed by atoms with Crippen LogP contribution in [0.15, 0.2) is 48.5 Å². The quantitative estimate of drug-likeness (QED) is 0.235. The number of nitrogens with zero attached hydrogens (tertiary/aromatic N) is 1. The molecule has 0 spiro atoms. The molecule has 0 saturated carbocycles. The zero-order valence-corrected chi connectivity index (χ0v) is 22.8. The van der Waals surface area contributed by atoms with Crippen LogP contribution in [0.5, 0.6) is 0 Å². The van der Waals surface area contributed by atoms with E-state index in [2.05, 4.69) is 29.9 Å².